The van der Waals surface area contributed by atoms with Gasteiger partial charge in [-0.3, -0.25) is 9.65 Å². The summed E-state index contributed by atoms with van der Waals surface area (Å²) >= 11 is 6.56. The number of hydrogen-bond acceptors (Lipinski definition) is 3. The normalized spacial score (nSPS) is 18.6. The third kappa shape index (κ3) is 1.84. The van der Waals surface area contributed by atoms with Crippen LogP contribution >= 0.6 is 6.19 Å². The number of fused-ring (bicyclic) bond motifs is 11. The standard InChI is InChI=1S/C22H14N3PS/c27-26-20-9-3-1-6-16(20)15-11-13-23-14-19(15)25(26)22-18(8-5-12-24-22)17-7-2-4-10-21(17)26/h1-14H. The Morgan fingerprint density at radius 1 is 0.704 bits per heavy atom. The first-order valence-corrected chi connectivity index (χ1v) is 11.6. The lowest BCUT2D eigenvalue weighted by Crippen LogP contribution is -2.37. The monoisotopic (exact) mass is 383 g/mol. The fraction of sp³-hybridized carbons (Fsp3) is 0. The van der Waals surface area contributed by atoms with E-state index >= 15 is 0 Å². The summed E-state index contributed by atoms with van der Waals surface area (Å²) in [5.74, 6) is 0.934. The van der Waals surface area contributed by atoms with Crippen LogP contribution in [0.4, 0.5) is 11.5 Å². The van der Waals surface area contributed by atoms with E-state index < -0.39 is 6.19 Å². The minimum atomic E-state index is -2.30. The van der Waals surface area contributed by atoms with Crippen LogP contribution in [0.2, 0.25) is 0 Å². The van der Waals surface area contributed by atoms with E-state index in [0.29, 0.717) is 0 Å². The van der Waals surface area contributed by atoms with Gasteiger partial charge in [0.25, 0.3) is 0 Å². The second-order valence-electron chi connectivity index (χ2n) is 6.69. The maximum atomic E-state index is 6.56. The SMILES string of the molecule is S=P12c3ccccc3-c3ccncc3N1c1ncccc1-c1ccccc12. The predicted octanol–water partition coefficient (Wildman–Crippen LogP) is 4.62. The lowest BCUT2D eigenvalue weighted by atomic mass is 10.0. The maximum Gasteiger partial charge on any atom is 0.145 e. The molecule has 2 aliphatic heterocycles. The Balaban J connectivity index is 1.84. The summed E-state index contributed by atoms with van der Waals surface area (Å²) in [5.41, 5.74) is 5.75. The van der Waals surface area contributed by atoms with Gasteiger partial charge in [-0.1, -0.05) is 60.3 Å². The van der Waals surface area contributed by atoms with Crippen molar-refractivity contribution < 1.29 is 0 Å². The average molecular weight is 383 g/mol. The third-order valence-corrected chi connectivity index (χ3v) is 10.1. The smallest absolute Gasteiger partial charge is 0.145 e. The first kappa shape index (κ1) is 15.3. The Hall–Kier alpha value is -2.81. The number of benzene rings is 2. The van der Waals surface area contributed by atoms with Crippen LogP contribution in [-0.2, 0) is 11.8 Å². The minimum Gasteiger partial charge on any atom is -0.287 e. The van der Waals surface area contributed by atoms with Gasteiger partial charge in [-0.15, -0.1) is 0 Å². The number of hydrogen-bond donors (Lipinski definition) is 0. The van der Waals surface area contributed by atoms with Gasteiger partial charge in [0.05, 0.1) is 18.1 Å². The summed E-state index contributed by atoms with van der Waals surface area (Å²) in [6.07, 6.45) is 3.33. The molecule has 4 heterocycles. The minimum absolute atomic E-state index is 0.934. The van der Waals surface area contributed by atoms with Gasteiger partial charge in [0.2, 0.25) is 0 Å². The van der Waals surface area contributed by atoms with Crippen molar-refractivity contribution >= 4 is 40.1 Å². The van der Waals surface area contributed by atoms with Gasteiger partial charge < -0.3 is 0 Å². The molecule has 5 heteroatoms. The Morgan fingerprint density at radius 2 is 1.37 bits per heavy atom. The largest absolute Gasteiger partial charge is 0.287 e. The summed E-state index contributed by atoms with van der Waals surface area (Å²) < 4.78 is 2.30. The highest BCUT2D eigenvalue weighted by molar-refractivity contribution is 8.23. The van der Waals surface area contributed by atoms with Crippen LogP contribution in [0.5, 0.6) is 0 Å². The highest BCUT2D eigenvalue weighted by Crippen LogP contribution is 2.65. The number of anilines is 2. The lowest BCUT2D eigenvalue weighted by molar-refractivity contribution is 1.21. The molecule has 4 aromatic rings. The fourth-order valence-electron chi connectivity index (χ4n) is 4.23. The molecule has 2 aliphatic rings. The summed E-state index contributed by atoms with van der Waals surface area (Å²) in [4.78, 5) is 9.20. The van der Waals surface area contributed by atoms with Crippen molar-refractivity contribution in [3.05, 3.63) is 85.3 Å². The summed E-state index contributed by atoms with van der Waals surface area (Å²) in [5, 5.41) is 2.45. The van der Waals surface area contributed by atoms with Gasteiger partial charge >= 0.3 is 0 Å². The van der Waals surface area contributed by atoms with E-state index in [-0.39, 0.29) is 0 Å². The summed E-state index contributed by atoms with van der Waals surface area (Å²) in [6.45, 7) is 0. The molecule has 0 amide bonds. The molecule has 0 N–H and O–H groups in total. The summed E-state index contributed by atoms with van der Waals surface area (Å²) in [6, 6.07) is 23.3. The fourth-order valence-corrected chi connectivity index (χ4v) is 8.88. The van der Waals surface area contributed by atoms with Crippen LogP contribution in [0, 0.1) is 0 Å². The number of pyridine rings is 2. The molecule has 0 spiro atoms. The zero-order chi connectivity index (χ0) is 18.0. The van der Waals surface area contributed by atoms with Crippen molar-refractivity contribution in [1.29, 1.82) is 0 Å². The molecule has 2 aromatic carbocycles. The van der Waals surface area contributed by atoms with Gasteiger partial charge in [0.15, 0.2) is 0 Å². The molecular weight excluding hydrogens is 369 g/mol. The van der Waals surface area contributed by atoms with Gasteiger partial charge in [0, 0.05) is 34.1 Å². The molecule has 0 radical (unpaired) electrons. The van der Waals surface area contributed by atoms with Gasteiger partial charge in [-0.25, -0.2) is 4.98 Å². The number of nitrogens with zero attached hydrogens (tertiary/aromatic N) is 3. The summed E-state index contributed by atoms with van der Waals surface area (Å²) in [7, 11) is 0. The van der Waals surface area contributed by atoms with Crippen LogP contribution in [0.25, 0.3) is 22.3 Å². The van der Waals surface area contributed by atoms with E-state index in [9.17, 15) is 0 Å². The number of rotatable bonds is 0. The highest BCUT2D eigenvalue weighted by Gasteiger charge is 2.44. The van der Waals surface area contributed by atoms with Crippen molar-refractivity contribution in [3.63, 3.8) is 0 Å². The maximum absolute atomic E-state index is 6.56. The van der Waals surface area contributed by atoms with E-state index in [2.05, 4.69) is 70.3 Å². The second-order valence-corrected chi connectivity index (χ2v) is 10.8. The van der Waals surface area contributed by atoms with E-state index in [4.69, 9.17) is 16.8 Å². The molecule has 27 heavy (non-hydrogen) atoms. The predicted molar refractivity (Wildman–Crippen MR) is 115 cm³/mol. The lowest BCUT2D eigenvalue weighted by Gasteiger charge is -2.46. The molecule has 2 aromatic heterocycles. The Kier molecular flexibility index (Phi) is 3.03. The molecule has 0 saturated carbocycles. The molecule has 1 atom stereocenters. The molecule has 1 unspecified atom stereocenters. The molecule has 0 bridgehead atoms. The quantitative estimate of drug-likeness (QED) is 0.414. The molecule has 6 rings (SSSR count). The number of aromatic nitrogens is 2. The first-order valence-electron chi connectivity index (χ1n) is 8.80. The van der Waals surface area contributed by atoms with Crippen LogP contribution in [0.1, 0.15) is 0 Å². The van der Waals surface area contributed by atoms with Gasteiger partial charge in [-0.05, 0) is 29.3 Å². The van der Waals surface area contributed by atoms with Crippen molar-refractivity contribution in [1.82, 2.24) is 9.97 Å². The van der Waals surface area contributed by atoms with E-state index in [1.807, 2.05) is 24.7 Å². The topological polar surface area (TPSA) is 29.0 Å². The Morgan fingerprint density at radius 3 is 2.15 bits per heavy atom. The molecular formula is C22H14N3PS. The molecule has 0 saturated heterocycles. The van der Waals surface area contributed by atoms with E-state index in [0.717, 1.165) is 22.6 Å². The first-order chi connectivity index (χ1) is 13.3. The van der Waals surface area contributed by atoms with Crippen molar-refractivity contribution in [2.45, 2.75) is 0 Å². The third-order valence-electron chi connectivity index (χ3n) is 5.34. The zero-order valence-corrected chi connectivity index (χ0v) is 16.0. The molecule has 0 aliphatic carbocycles. The van der Waals surface area contributed by atoms with E-state index in [1.165, 1.54) is 21.7 Å². The van der Waals surface area contributed by atoms with Gasteiger partial charge in [-0.2, -0.15) is 0 Å². The Bertz CT molecular complexity index is 1190. The van der Waals surface area contributed by atoms with Crippen LogP contribution in [0.3, 0.4) is 0 Å². The van der Waals surface area contributed by atoms with Crippen molar-refractivity contribution in [2.75, 3.05) is 4.67 Å². The van der Waals surface area contributed by atoms with Crippen LogP contribution < -0.4 is 15.3 Å². The molecule has 128 valence electrons. The Labute approximate surface area is 162 Å². The second kappa shape index (κ2) is 5.35. The molecule has 3 nitrogen and oxygen atoms in total. The van der Waals surface area contributed by atoms with E-state index in [1.54, 1.807) is 0 Å². The van der Waals surface area contributed by atoms with Crippen molar-refractivity contribution in [2.24, 2.45) is 0 Å². The zero-order valence-electron chi connectivity index (χ0n) is 14.3. The van der Waals surface area contributed by atoms with Gasteiger partial charge in [0.1, 0.15) is 5.82 Å². The molecule has 0 fully saturated rings. The van der Waals surface area contributed by atoms with Crippen LogP contribution in [0.15, 0.2) is 85.3 Å². The van der Waals surface area contributed by atoms with Crippen molar-refractivity contribution in [3.8, 4) is 22.3 Å². The van der Waals surface area contributed by atoms with Crippen LogP contribution in [-0.4, -0.2) is 9.97 Å². The average Bonchev–Trinajstić information content (AvgIpc) is 2.74. The highest BCUT2D eigenvalue weighted by atomic mass is 32.4.